The first-order chi connectivity index (χ1) is 15.7. The van der Waals surface area contributed by atoms with E-state index in [-0.39, 0.29) is 26.4 Å². The molecule has 0 aromatic heterocycles. The number of rotatable bonds is 24. The van der Waals surface area contributed by atoms with E-state index in [1.165, 1.54) is 0 Å². The molecule has 33 heavy (non-hydrogen) atoms. The van der Waals surface area contributed by atoms with Crippen LogP contribution in [0.15, 0.2) is 48.6 Å². The molecule has 0 rings (SSSR count). The predicted octanol–water partition coefficient (Wildman–Crippen LogP) is 3.86. The standard InChI is InChI=1S/C24H44O8Si/c1-21(2)17-25-9-13-29-33(30-14-10-26-18-22(3)4,31-15-11-27-19-23(5)6)32-16-12-28-20-24(7)8/h1,3,5,7,9-20H2,2,4,6,8H3. The molecule has 0 amide bonds. The number of hydrogen-bond acceptors (Lipinski definition) is 8. The van der Waals surface area contributed by atoms with Crippen LogP contribution in [0.1, 0.15) is 27.7 Å². The molecule has 0 aliphatic carbocycles. The topological polar surface area (TPSA) is 73.8 Å². The molecule has 0 bridgehead atoms. The lowest BCUT2D eigenvalue weighted by molar-refractivity contribution is -0.0662. The van der Waals surface area contributed by atoms with E-state index in [9.17, 15) is 0 Å². The van der Waals surface area contributed by atoms with Crippen molar-refractivity contribution in [2.45, 2.75) is 27.7 Å². The van der Waals surface area contributed by atoms with Gasteiger partial charge in [0.1, 0.15) is 0 Å². The minimum absolute atomic E-state index is 0.241. The summed E-state index contributed by atoms with van der Waals surface area (Å²) in [6.45, 7) is 27.1. The van der Waals surface area contributed by atoms with Crippen molar-refractivity contribution >= 4 is 9.05 Å². The minimum atomic E-state index is -3.51. The summed E-state index contributed by atoms with van der Waals surface area (Å²) in [5, 5.41) is 0. The Morgan fingerprint density at radius 1 is 0.424 bits per heavy atom. The van der Waals surface area contributed by atoms with E-state index < -0.39 is 9.05 Å². The highest BCUT2D eigenvalue weighted by Gasteiger charge is 2.46. The molecule has 0 saturated carbocycles. The molecule has 0 heterocycles. The highest BCUT2D eigenvalue weighted by atomic mass is 28.4. The van der Waals surface area contributed by atoms with Crippen LogP contribution in [0, 0.1) is 0 Å². The predicted molar refractivity (Wildman–Crippen MR) is 132 cm³/mol. The zero-order valence-electron chi connectivity index (χ0n) is 21.1. The van der Waals surface area contributed by atoms with Crippen molar-refractivity contribution in [2.75, 3.05) is 79.3 Å². The molecule has 0 saturated heterocycles. The van der Waals surface area contributed by atoms with Crippen LogP contribution in [0.2, 0.25) is 0 Å². The van der Waals surface area contributed by atoms with Gasteiger partial charge in [-0.05, 0) is 27.7 Å². The average molecular weight is 489 g/mol. The zero-order chi connectivity index (χ0) is 25.0. The molecule has 0 N–H and O–H groups in total. The quantitative estimate of drug-likeness (QED) is 0.115. The van der Waals surface area contributed by atoms with E-state index in [1.807, 2.05) is 27.7 Å². The molecule has 9 heteroatoms. The normalized spacial score (nSPS) is 11.5. The Hall–Kier alpha value is -1.14. The fraction of sp³-hybridized carbons (Fsp3) is 0.667. The van der Waals surface area contributed by atoms with Gasteiger partial charge in [0.2, 0.25) is 0 Å². The maximum absolute atomic E-state index is 5.99. The van der Waals surface area contributed by atoms with Crippen LogP contribution >= 0.6 is 0 Å². The molecule has 8 nitrogen and oxygen atoms in total. The van der Waals surface area contributed by atoms with E-state index in [1.54, 1.807) is 0 Å². The summed E-state index contributed by atoms with van der Waals surface area (Å²) in [5.74, 6) is 0. The maximum Gasteiger partial charge on any atom is 0.680 e. The van der Waals surface area contributed by atoms with Gasteiger partial charge < -0.3 is 36.7 Å². The highest BCUT2D eigenvalue weighted by Crippen LogP contribution is 2.13. The summed E-state index contributed by atoms with van der Waals surface area (Å²) in [4.78, 5) is 0. The molecule has 0 atom stereocenters. The Balaban J connectivity index is 4.94. The lowest BCUT2D eigenvalue weighted by atomic mass is 10.4. The third-order valence-corrected chi connectivity index (χ3v) is 5.65. The largest absolute Gasteiger partial charge is 0.680 e. The summed E-state index contributed by atoms with van der Waals surface area (Å²) in [6, 6.07) is 0. The smallest absolute Gasteiger partial charge is 0.375 e. The molecule has 0 spiro atoms. The molecular weight excluding hydrogens is 444 g/mol. The van der Waals surface area contributed by atoms with Crippen molar-refractivity contribution in [1.82, 2.24) is 0 Å². The molecule has 0 fully saturated rings. The zero-order valence-corrected chi connectivity index (χ0v) is 22.1. The minimum Gasteiger partial charge on any atom is -0.375 e. The molecule has 0 radical (unpaired) electrons. The molecule has 0 unspecified atom stereocenters. The second kappa shape index (κ2) is 20.2. The lowest BCUT2D eigenvalue weighted by Gasteiger charge is -2.28. The first kappa shape index (κ1) is 31.9. The van der Waals surface area contributed by atoms with Gasteiger partial charge in [-0.25, -0.2) is 0 Å². The van der Waals surface area contributed by atoms with Crippen LogP contribution < -0.4 is 0 Å². The van der Waals surface area contributed by atoms with Crippen molar-refractivity contribution < 1.29 is 36.7 Å². The van der Waals surface area contributed by atoms with E-state index >= 15 is 0 Å². The molecular formula is C24H44O8Si. The van der Waals surface area contributed by atoms with Gasteiger partial charge in [-0.1, -0.05) is 48.6 Å². The fourth-order valence-electron chi connectivity index (χ4n) is 2.14. The second-order valence-electron chi connectivity index (χ2n) is 7.93. The van der Waals surface area contributed by atoms with Gasteiger partial charge in [0.15, 0.2) is 0 Å². The highest BCUT2D eigenvalue weighted by molar-refractivity contribution is 6.53. The first-order valence-electron chi connectivity index (χ1n) is 11.1. The molecule has 0 aromatic rings. The van der Waals surface area contributed by atoms with Crippen molar-refractivity contribution in [3.05, 3.63) is 48.6 Å². The SMILES string of the molecule is C=C(C)COCCO[Si](OCCOCC(=C)C)(OCCOCC(=C)C)OCCOCC(=C)C. The van der Waals surface area contributed by atoms with Gasteiger partial charge >= 0.3 is 9.05 Å². The van der Waals surface area contributed by atoms with Crippen molar-refractivity contribution in [3.8, 4) is 0 Å². The molecule has 192 valence electrons. The monoisotopic (exact) mass is 488 g/mol. The Bertz CT molecular complexity index is 477. The molecule has 0 aromatic carbocycles. The summed E-state index contributed by atoms with van der Waals surface area (Å²) >= 11 is 0. The maximum atomic E-state index is 5.99. The van der Waals surface area contributed by atoms with Crippen LogP contribution in [-0.4, -0.2) is 88.3 Å². The average Bonchev–Trinajstić information content (AvgIpc) is 2.71. The number of ether oxygens (including phenoxy) is 4. The van der Waals surface area contributed by atoms with Crippen LogP contribution in [0.25, 0.3) is 0 Å². The summed E-state index contributed by atoms with van der Waals surface area (Å²) in [6.07, 6.45) is 0. The van der Waals surface area contributed by atoms with Gasteiger partial charge in [-0.3, -0.25) is 0 Å². The third-order valence-electron chi connectivity index (χ3n) is 3.42. The van der Waals surface area contributed by atoms with Crippen LogP contribution in [-0.2, 0) is 36.7 Å². The summed E-state index contributed by atoms with van der Waals surface area (Å²) in [7, 11) is -3.51. The Kier molecular flexibility index (Phi) is 19.5. The van der Waals surface area contributed by atoms with Gasteiger partial charge in [0.25, 0.3) is 0 Å². The van der Waals surface area contributed by atoms with E-state index in [2.05, 4.69) is 26.3 Å². The van der Waals surface area contributed by atoms with Gasteiger partial charge in [0.05, 0.1) is 79.3 Å². The molecule has 0 aliphatic rings. The Morgan fingerprint density at radius 3 is 0.818 bits per heavy atom. The second-order valence-corrected chi connectivity index (χ2v) is 10.1. The van der Waals surface area contributed by atoms with Gasteiger partial charge in [-0.2, -0.15) is 0 Å². The van der Waals surface area contributed by atoms with Crippen LogP contribution in [0.4, 0.5) is 0 Å². The van der Waals surface area contributed by atoms with Crippen LogP contribution in [0.3, 0.4) is 0 Å². The van der Waals surface area contributed by atoms with Crippen molar-refractivity contribution in [1.29, 1.82) is 0 Å². The van der Waals surface area contributed by atoms with Crippen LogP contribution in [0.5, 0.6) is 0 Å². The van der Waals surface area contributed by atoms with Gasteiger partial charge in [0, 0.05) is 0 Å². The lowest BCUT2D eigenvalue weighted by Crippen LogP contribution is -2.51. The third kappa shape index (κ3) is 21.1. The van der Waals surface area contributed by atoms with Crippen molar-refractivity contribution in [3.63, 3.8) is 0 Å². The fourth-order valence-corrected chi connectivity index (χ4v) is 3.97. The van der Waals surface area contributed by atoms with E-state index in [0.717, 1.165) is 22.3 Å². The van der Waals surface area contributed by atoms with E-state index in [0.29, 0.717) is 52.9 Å². The summed E-state index contributed by atoms with van der Waals surface area (Å²) < 4.78 is 46.1. The first-order valence-corrected chi connectivity index (χ1v) is 12.7. The van der Waals surface area contributed by atoms with Crippen molar-refractivity contribution in [2.24, 2.45) is 0 Å². The van der Waals surface area contributed by atoms with Gasteiger partial charge in [-0.15, -0.1) is 0 Å². The van der Waals surface area contributed by atoms with E-state index in [4.69, 9.17) is 36.7 Å². The number of hydrogen-bond donors (Lipinski definition) is 0. The molecule has 0 aliphatic heterocycles. The Labute approximate surface area is 201 Å². The summed E-state index contributed by atoms with van der Waals surface area (Å²) in [5.41, 5.74) is 3.73. The Morgan fingerprint density at radius 2 is 0.636 bits per heavy atom.